The van der Waals surface area contributed by atoms with Crippen LogP contribution in [-0.2, 0) is 11.3 Å². The van der Waals surface area contributed by atoms with Crippen molar-refractivity contribution < 1.29 is 4.79 Å². The van der Waals surface area contributed by atoms with E-state index >= 15 is 0 Å². The Morgan fingerprint density at radius 2 is 1.85 bits per heavy atom. The Morgan fingerprint density at radius 3 is 2.56 bits per heavy atom. The normalized spacial score (nSPS) is 25.1. The summed E-state index contributed by atoms with van der Waals surface area (Å²) in [4.78, 5) is 19.9. The minimum absolute atomic E-state index is 0.322. The van der Waals surface area contributed by atoms with Crippen LogP contribution in [0, 0.1) is 11.3 Å². The lowest BCUT2D eigenvalue weighted by Crippen LogP contribution is -2.51. The molecule has 3 aliphatic rings. The van der Waals surface area contributed by atoms with Crippen LogP contribution >= 0.6 is 0 Å². The Bertz CT molecular complexity index is 620. The van der Waals surface area contributed by atoms with E-state index in [1.165, 1.54) is 18.4 Å². The van der Waals surface area contributed by atoms with Gasteiger partial charge < -0.3 is 15.1 Å². The molecule has 4 rings (SSSR count). The molecule has 1 aromatic rings. The van der Waals surface area contributed by atoms with Gasteiger partial charge in [0.25, 0.3) is 0 Å². The van der Waals surface area contributed by atoms with Crippen LogP contribution in [0.2, 0.25) is 0 Å². The Balaban J connectivity index is 1.16. The maximum atomic E-state index is 12.9. The number of amides is 1. The maximum absolute atomic E-state index is 12.9. The topological polar surface area (TPSA) is 38.8 Å². The van der Waals surface area contributed by atoms with Crippen LogP contribution in [0.25, 0.3) is 0 Å². The van der Waals surface area contributed by atoms with E-state index in [9.17, 15) is 4.79 Å². The average Bonchev–Trinajstić information content (AvgIpc) is 3.40. The van der Waals surface area contributed by atoms with Crippen LogP contribution in [0.4, 0.5) is 0 Å². The quantitative estimate of drug-likeness (QED) is 0.827. The largest absolute Gasteiger partial charge is 0.340 e. The first-order chi connectivity index (χ1) is 13.2. The second-order valence-corrected chi connectivity index (χ2v) is 8.76. The number of hydrogen-bond acceptors (Lipinski definition) is 4. The Kier molecular flexibility index (Phi) is 5.81. The summed E-state index contributed by atoms with van der Waals surface area (Å²) in [5.41, 5.74) is 1.73. The average molecular weight is 371 g/mol. The van der Waals surface area contributed by atoms with Gasteiger partial charge in [-0.1, -0.05) is 30.3 Å². The van der Waals surface area contributed by atoms with Crippen LogP contribution in [0.3, 0.4) is 0 Å². The predicted octanol–water partition coefficient (Wildman–Crippen LogP) is 1.65. The van der Waals surface area contributed by atoms with E-state index in [1.54, 1.807) is 0 Å². The van der Waals surface area contributed by atoms with Crippen LogP contribution in [-0.4, -0.2) is 80.0 Å². The molecule has 1 N–H and O–H groups in total. The first-order valence-electron chi connectivity index (χ1n) is 10.6. The highest BCUT2D eigenvalue weighted by atomic mass is 16.2. The lowest BCUT2D eigenvalue weighted by molar-refractivity contribution is -0.135. The summed E-state index contributed by atoms with van der Waals surface area (Å²) in [7, 11) is 2.19. The van der Waals surface area contributed by atoms with Gasteiger partial charge in [-0.25, -0.2) is 0 Å². The van der Waals surface area contributed by atoms with Gasteiger partial charge in [-0.05, 0) is 50.4 Å². The molecule has 1 spiro atoms. The summed E-state index contributed by atoms with van der Waals surface area (Å²) in [6.45, 7) is 9.20. The van der Waals surface area contributed by atoms with Crippen molar-refractivity contribution in [3.8, 4) is 0 Å². The summed E-state index contributed by atoms with van der Waals surface area (Å²) in [5.74, 6) is 0.765. The standard InChI is InChI=1S/C22H34N4O/c1-24(18-19-5-3-2-4-6-19)11-12-25-13-15-26(16-14-25)21(27)20-17-22(20)7-9-23-10-8-22/h2-6,20,23H,7-18H2,1H3. The fourth-order valence-corrected chi connectivity index (χ4v) is 4.87. The molecule has 1 aromatic carbocycles. The summed E-state index contributed by atoms with van der Waals surface area (Å²) < 4.78 is 0. The Morgan fingerprint density at radius 1 is 1.15 bits per heavy atom. The highest BCUT2D eigenvalue weighted by Gasteiger charge is 2.58. The zero-order chi connectivity index (χ0) is 18.7. The molecule has 1 atom stereocenters. The third-order valence-corrected chi connectivity index (χ3v) is 6.86. The van der Waals surface area contributed by atoms with E-state index in [2.05, 4.69) is 57.4 Å². The van der Waals surface area contributed by atoms with E-state index in [0.717, 1.165) is 65.3 Å². The third kappa shape index (κ3) is 4.53. The number of nitrogens with zero attached hydrogens (tertiary/aromatic N) is 3. The van der Waals surface area contributed by atoms with Gasteiger partial charge in [0.05, 0.1) is 0 Å². The lowest BCUT2D eigenvalue weighted by Gasteiger charge is -2.36. The summed E-state index contributed by atoms with van der Waals surface area (Å²) >= 11 is 0. The number of nitrogens with one attached hydrogen (secondary N) is 1. The van der Waals surface area contributed by atoms with Gasteiger partial charge in [-0.2, -0.15) is 0 Å². The molecule has 0 radical (unpaired) electrons. The molecular formula is C22H34N4O. The highest BCUT2D eigenvalue weighted by Crippen LogP contribution is 2.59. The van der Waals surface area contributed by atoms with Crippen molar-refractivity contribution >= 4 is 5.91 Å². The highest BCUT2D eigenvalue weighted by molar-refractivity contribution is 5.83. The number of hydrogen-bond donors (Lipinski definition) is 1. The molecule has 2 saturated heterocycles. The minimum Gasteiger partial charge on any atom is -0.340 e. The molecule has 5 nitrogen and oxygen atoms in total. The van der Waals surface area contributed by atoms with Crippen molar-refractivity contribution in [3.63, 3.8) is 0 Å². The summed E-state index contributed by atoms with van der Waals surface area (Å²) in [5, 5.41) is 3.43. The van der Waals surface area contributed by atoms with E-state index in [4.69, 9.17) is 0 Å². The van der Waals surface area contributed by atoms with Gasteiger partial charge in [0.1, 0.15) is 0 Å². The van der Waals surface area contributed by atoms with E-state index in [0.29, 0.717) is 17.2 Å². The number of carbonyl (C=O) groups excluding carboxylic acids is 1. The van der Waals surface area contributed by atoms with Gasteiger partial charge in [0.15, 0.2) is 0 Å². The number of rotatable bonds is 6. The van der Waals surface area contributed by atoms with Gasteiger partial charge >= 0.3 is 0 Å². The second-order valence-electron chi connectivity index (χ2n) is 8.76. The van der Waals surface area contributed by atoms with Crippen molar-refractivity contribution in [2.24, 2.45) is 11.3 Å². The molecule has 2 heterocycles. The number of benzene rings is 1. The molecule has 1 amide bonds. The predicted molar refractivity (Wildman–Crippen MR) is 108 cm³/mol. The monoisotopic (exact) mass is 370 g/mol. The van der Waals surface area contributed by atoms with E-state index in [-0.39, 0.29) is 0 Å². The fourth-order valence-electron chi connectivity index (χ4n) is 4.87. The van der Waals surface area contributed by atoms with Gasteiger partial charge in [0.2, 0.25) is 5.91 Å². The first-order valence-corrected chi connectivity index (χ1v) is 10.6. The molecule has 0 aromatic heterocycles. The maximum Gasteiger partial charge on any atom is 0.226 e. The van der Waals surface area contributed by atoms with Crippen molar-refractivity contribution in [1.82, 2.24) is 20.0 Å². The van der Waals surface area contributed by atoms with Gasteiger partial charge in [0, 0.05) is 51.7 Å². The zero-order valence-corrected chi connectivity index (χ0v) is 16.7. The SMILES string of the molecule is CN(CCN1CCN(C(=O)C2CC23CCNCC3)CC1)Cc1ccccc1. The van der Waals surface area contributed by atoms with Crippen molar-refractivity contribution in [2.75, 3.05) is 59.4 Å². The molecule has 5 heteroatoms. The third-order valence-electron chi connectivity index (χ3n) is 6.86. The molecule has 1 saturated carbocycles. The Hall–Kier alpha value is -1.43. The summed E-state index contributed by atoms with van der Waals surface area (Å²) in [6.07, 6.45) is 3.52. The number of piperazine rings is 1. The van der Waals surface area contributed by atoms with E-state index < -0.39 is 0 Å². The first kappa shape index (κ1) is 18.9. The second kappa shape index (κ2) is 8.29. The molecule has 0 bridgehead atoms. The number of likely N-dealkylation sites (N-methyl/N-ethyl adjacent to an activating group) is 1. The van der Waals surface area contributed by atoms with Gasteiger partial charge in [-0.15, -0.1) is 0 Å². The molecule has 1 aliphatic carbocycles. The minimum atomic E-state index is 0.322. The Labute approximate surface area is 163 Å². The fraction of sp³-hybridized carbons (Fsp3) is 0.682. The van der Waals surface area contributed by atoms with Crippen LogP contribution in [0.15, 0.2) is 30.3 Å². The summed E-state index contributed by atoms with van der Waals surface area (Å²) in [6, 6.07) is 10.7. The molecule has 1 unspecified atom stereocenters. The van der Waals surface area contributed by atoms with Crippen molar-refractivity contribution in [2.45, 2.75) is 25.8 Å². The van der Waals surface area contributed by atoms with Crippen LogP contribution in [0.5, 0.6) is 0 Å². The van der Waals surface area contributed by atoms with E-state index in [1.807, 2.05) is 0 Å². The molecular weight excluding hydrogens is 336 g/mol. The number of carbonyl (C=O) groups is 1. The van der Waals surface area contributed by atoms with Crippen molar-refractivity contribution in [3.05, 3.63) is 35.9 Å². The van der Waals surface area contributed by atoms with Gasteiger partial charge in [-0.3, -0.25) is 9.69 Å². The van der Waals surface area contributed by atoms with Crippen LogP contribution < -0.4 is 5.32 Å². The molecule has 2 aliphatic heterocycles. The van der Waals surface area contributed by atoms with Crippen LogP contribution in [0.1, 0.15) is 24.8 Å². The van der Waals surface area contributed by atoms with Crippen molar-refractivity contribution in [1.29, 1.82) is 0 Å². The molecule has 148 valence electrons. The zero-order valence-electron chi connectivity index (χ0n) is 16.7. The lowest BCUT2D eigenvalue weighted by atomic mass is 9.91. The molecule has 3 fully saturated rings. The smallest absolute Gasteiger partial charge is 0.226 e. The number of piperidine rings is 1. The molecule has 27 heavy (non-hydrogen) atoms.